The minimum atomic E-state index is -1.78. The third-order valence-electron chi connectivity index (χ3n) is 15.0. The lowest BCUT2D eigenvalue weighted by molar-refractivity contribution is -0.142. The summed E-state index contributed by atoms with van der Waals surface area (Å²) in [6.07, 6.45) is 23.7. The molecule has 2 heteroatoms. The Balaban J connectivity index is 1.36. The molecule has 0 saturated heterocycles. The molecule has 0 heterocycles. The van der Waals surface area contributed by atoms with E-state index in [1.807, 2.05) is 0 Å². The van der Waals surface area contributed by atoms with Crippen LogP contribution >= 0.6 is 0 Å². The molecule has 1 aromatic rings. The summed E-state index contributed by atoms with van der Waals surface area (Å²) in [5, 5.41) is 0.279. The Labute approximate surface area is 281 Å². The van der Waals surface area contributed by atoms with Gasteiger partial charge >= 0.3 is 0 Å². The van der Waals surface area contributed by atoms with Gasteiger partial charge < -0.3 is 4.43 Å². The molecule has 0 spiro atoms. The molecule has 0 unspecified atom stereocenters. The van der Waals surface area contributed by atoms with Crippen LogP contribution in [-0.2, 0) is 10.8 Å². The van der Waals surface area contributed by atoms with Crippen LogP contribution in [0.1, 0.15) is 138 Å². The standard InChI is InChI=1S/C43H72OSi/c1-31(2)17-16-18-32(3)37-23-24-38-36-29-34(22-15-14-21-33-19-12-11-13-20-33)40-30-35(44-45(9,10)41(4,5)6)25-27-43(40,8)39(36)26-28-42(37,38)7/h11-13,15,19-20,22,31-32,34-40H,14,16-18,21,23-30H2,1-10H3/b22-15-/t32-,34+,35+,36+,37-,38+,39+,40-,42-,43-/m1/s1. The van der Waals surface area contributed by atoms with Gasteiger partial charge in [0.05, 0.1) is 0 Å². The van der Waals surface area contributed by atoms with E-state index in [4.69, 9.17) is 4.43 Å². The zero-order chi connectivity index (χ0) is 32.6. The molecule has 254 valence electrons. The maximum Gasteiger partial charge on any atom is 0.192 e. The van der Waals surface area contributed by atoms with Crippen molar-refractivity contribution in [3.8, 4) is 0 Å². The van der Waals surface area contributed by atoms with Crippen molar-refractivity contribution < 1.29 is 4.43 Å². The smallest absolute Gasteiger partial charge is 0.192 e. The van der Waals surface area contributed by atoms with Crippen LogP contribution in [0.3, 0.4) is 0 Å². The van der Waals surface area contributed by atoms with E-state index >= 15 is 0 Å². The Morgan fingerprint density at radius 3 is 2.24 bits per heavy atom. The third kappa shape index (κ3) is 7.43. The van der Waals surface area contributed by atoms with Crippen molar-refractivity contribution in [1.29, 1.82) is 0 Å². The van der Waals surface area contributed by atoms with Gasteiger partial charge in [-0.25, -0.2) is 0 Å². The van der Waals surface area contributed by atoms with Crippen LogP contribution in [0.25, 0.3) is 0 Å². The molecule has 10 atom stereocenters. The summed E-state index contributed by atoms with van der Waals surface area (Å²) in [7, 11) is -1.78. The Kier molecular flexibility index (Phi) is 11.0. The highest BCUT2D eigenvalue weighted by molar-refractivity contribution is 6.74. The molecule has 5 rings (SSSR count). The number of benzene rings is 1. The molecule has 0 aliphatic heterocycles. The lowest BCUT2D eigenvalue weighted by atomic mass is 9.42. The molecule has 4 aliphatic carbocycles. The Morgan fingerprint density at radius 2 is 1.56 bits per heavy atom. The van der Waals surface area contributed by atoms with Gasteiger partial charge in [0.2, 0.25) is 0 Å². The van der Waals surface area contributed by atoms with E-state index in [1.165, 1.54) is 82.6 Å². The van der Waals surface area contributed by atoms with E-state index in [1.54, 1.807) is 0 Å². The topological polar surface area (TPSA) is 9.23 Å². The molecule has 0 bridgehead atoms. The van der Waals surface area contributed by atoms with E-state index in [2.05, 4.69) is 111 Å². The molecule has 1 nitrogen and oxygen atoms in total. The molecular formula is C43H72OSi. The van der Waals surface area contributed by atoms with Crippen LogP contribution in [-0.4, -0.2) is 14.4 Å². The van der Waals surface area contributed by atoms with Crippen LogP contribution in [0.2, 0.25) is 18.1 Å². The average molecular weight is 633 g/mol. The van der Waals surface area contributed by atoms with Crippen LogP contribution in [0.15, 0.2) is 42.5 Å². The van der Waals surface area contributed by atoms with Crippen molar-refractivity contribution >= 4 is 8.32 Å². The third-order valence-corrected chi connectivity index (χ3v) is 19.5. The quantitative estimate of drug-likeness (QED) is 0.174. The monoisotopic (exact) mass is 633 g/mol. The minimum Gasteiger partial charge on any atom is -0.414 e. The molecule has 0 radical (unpaired) electrons. The van der Waals surface area contributed by atoms with Crippen molar-refractivity contribution in [3.05, 3.63) is 48.0 Å². The molecule has 45 heavy (non-hydrogen) atoms. The van der Waals surface area contributed by atoms with Gasteiger partial charge in [-0.05, 0) is 146 Å². The zero-order valence-electron chi connectivity index (χ0n) is 31.3. The zero-order valence-corrected chi connectivity index (χ0v) is 32.3. The van der Waals surface area contributed by atoms with Crippen LogP contribution < -0.4 is 0 Å². The van der Waals surface area contributed by atoms with E-state index in [-0.39, 0.29) is 5.04 Å². The average Bonchev–Trinajstić information content (AvgIpc) is 3.33. The first-order valence-corrected chi connectivity index (χ1v) is 22.4. The second-order valence-corrected chi connectivity index (χ2v) is 23.9. The van der Waals surface area contributed by atoms with Crippen molar-refractivity contribution in [2.24, 2.45) is 58.2 Å². The lowest BCUT2D eigenvalue weighted by Crippen LogP contribution is -2.57. The summed E-state index contributed by atoms with van der Waals surface area (Å²) >= 11 is 0. The van der Waals surface area contributed by atoms with Gasteiger partial charge in [0.1, 0.15) is 0 Å². The van der Waals surface area contributed by atoms with Gasteiger partial charge in [-0.3, -0.25) is 0 Å². The maximum absolute atomic E-state index is 7.19. The fraction of sp³-hybridized carbons (Fsp3) is 0.814. The maximum atomic E-state index is 7.19. The first-order chi connectivity index (χ1) is 21.2. The number of aryl methyl sites for hydroxylation is 1. The van der Waals surface area contributed by atoms with E-state index in [9.17, 15) is 0 Å². The molecule has 0 aromatic heterocycles. The fourth-order valence-electron chi connectivity index (χ4n) is 11.5. The Morgan fingerprint density at radius 1 is 0.867 bits per heavy atom. The second-order valence-electron chi connectivity index (χ2n) is 19.1. The minimum absolute atomic E-state index is 0.279. The fourth-order valence-corrected chi connectivity index (χ4v) is 12.9. The molecule has 0 N–H and O–H groups in total. The second kappa shape index (κ2) is 13.9. The van der Waals surface area contributed by atoms with Gasteiger partial charge in [0, 0.05) is 6.10 Å². The molecule has 4 saturated carbocycles. The highest BCUT2D eigenvalue weighted by atomic mass is 28.4. The van der Waals surface area contributed by atoms with Crippen LogP contribution in [0.5, 0.6) is 0 Å². The van der Waals surface area contributed by atoms with Gasteiger partial charge in [0.25, 0.3) is 0 Å². The Hall–Kier alpha value is -0.863. The number of allylic oxidation sites excluding steroid dienone is 2. The highest BCUT2D eigenvalue weighted by Gasteiger charge is 2.62. The molecule has 0 amide bonds. The van der Waals surface area contributed by atoms with Crippen molar-refractivity contribution in [1.82, 2.24) is 0 Å². The first kappa shape index (κ1) is 35.4. The predicted octanol–water partition coefficient (Wildman–Crippen LogP) is 12.9. The molecule has 4 aliphatic rings. The van der Waals surface area contributed by atoms with E-state index in [0.29, 0.717) is 22.9 Å². The van der Waals surface area contributed by atoms with Gasteiger partial charge in [-0.1, -0.05) is 117 Å². The summed E-state index contributed by atoms with van der Waals surface area (Å²) in [6.45, 7) is 25.1. The largest absolute Gasteiger partial charge is 0.414 e. The van der Waals surface area contributed by atoms with Crippen LogP contribution in [0, 0.1) is 58.2 Å². The van der Waals surface area contributed by atoms with Gasteiger partial charge in [0.15, 0.2) is 8.32 Å². The lowest BCUT2D eigenvalue weighted by Gasteiger charge is -2.63. The SMILES string of the molecule is CC(C)CCC[C@@H](C)[C@H]1CC[C@H]2[C@@H]3C[C@H](/C=C\CCc4ccccc4)[C@H]4C[C@@H](O[Si](C)(C)C(C)(C)C)CC[C@]4(C)[C@H]3CC[C@]12C. The predicted molar refractivity (Wildman–Crippen MR) is 198 cm³/mol. The van der Waals surface area contributed by atoms with Gasteiger partial charge in [-0.2, -0.15) is 0 Å². The van der Waals surface area contributed by atoms with E-state index < -0.39 is 8.32 Å². The van der Waals surface area contributed by atoms with Crippen molar-refractivity contribution in [3.63, 3.8) is 0 Å². The molecule has 1 aromatic carbocycles. The summed E-state index contributed by atoms with van der Waals surface area (Å²) in [6, 6.07) is 11.1. The number of hydrogen-bond acceptors (Lipinski definition) is 1. The number of fused-ring (bicyclic) bond motifs is 5. The number of rotatable bonds is 11. The summed E-state index contributed by atoms with van der Waals surface area (Å²) in [5.41, 5.74) is 2.50. The Bertz CT molecular complexity index is 1110. The highest BCUT2D eigenvalue weighted by Crippen LogP contribution is 2.69. The van der Waals surface area contributed by atoms with Crippen molar-refractivity contribution in [2.45, 2.75) is 163 Å². The normalized spacial score (nSPS) is 37.8. The number of hydrogen-bond donors (Lipinski definition) is 0. The molecule has 4 fully saturated rings. The van der Waals surface area contributed by atoms with E-state index in [0.717, 1.165) is 47.8 Å². The summed E-state index contributed by atoms with van der Waals surface area (Å²) in [4.78, 5) is 0. The summed E-state index contributed by atoms with van der Waals surface area (Å²) in [5.74, 6) is 6.92. The summed E-state index contributed by atoms with van der Waals surface area (Å²) < 4.78 is 7.19. The van der Waals surface area contributed by atoms with Gasteiger partial charge in [-0.15, -0.1) is 0 Å². The first-order valence-electron chi connectivity index (χ1n) is 19.5. The van der Waals surface area contributed by atoms with Crippen molar-refractivity contribution in [2.75, 3.05) is 0 Å². The van der Waals surface area contributed by atoms with Crippen LogP contribution in [0.4, 0.5) is 0 Å². The molecular weight excluding hydrogens is 561 g/mol.